The summed E-state index contributed by atoms with van der Waals surface area (Å²) in [5.41, 5.74) is 0. The molecule has 2 aliphatic rings. The lowest BCUT2D eigenvalue weighted by molar-refractivity contribution is -0.126. The summed E-state index contributed by atoms with van der Waals surface area (Å²) in [6.45, 7) is 3.56. The number of carbonyl (C=O) groups excluding carboxylic acids is 3. The van der Waals surface area contributed by atoms with E-state index in [1.54, 1.807) is 4.90 Å². The van der Waals surface area contributed by atoms with Gasteiger partial charge in [-0.05, 0) is 18.8 Å². The Kier molecular flexibility index (Phi) is 5.55. The molecule has 7 heteroatoms. The van der Waals surface area contributed by atoms with Crippen LogP contribution >= 0.6 is 0 Å². The molecule has 4 amide bonds. The minimum Gasteiger partial charge on any atom is -0.354 e. The van der Waals surface area contributed by atoms with Gasteiger partial charge in [0.2, 0.25) is 11.8 Å². The lowest BCUT2D eigenvalue weighted by Gasteiger charge is -2.29. The van der Waals surface area contributed by atoms with E-state index in [1.807, 2.05) is 0 Å². The summed E-state index contributed by atoms with van der Waals surface area (Å²) in [6, 6.07) is -0.285. The highest BCUT2D eigenvalue weighted by Crippen LogP contribution is 2.23. The average Bonchev–Trinajstić information content (AvgIpc) is 2.41. The molecule has 0 aromatic rings. The van der Waals surface area contributed by atoms with E-state index in [0.717, 1.165) is 19.3 Å². The van der Waals surface area contributed by atoms with Gasteiger partial charge in [0, 0.05) is 19.1 Å². The quantitative estimate of drug-likeness (QED) is 0.674. The van der Waals surface area contributed by atoms with E-state index in [4.69, 9.17) is 0 Å². The third kappa shape index (κ3) is 5.00. The van der Waals surface area contributed by atoms with Crippen LogP contribution < -0.4 is 16.0 Å². The summed E-state index contributed by atoms with van der Waals surface area (Å²) in [5.74, 6) is -0.00872. The summed E-state index contributed by atoms with van der Waals surface area (Å²) < 4.78 is 0. The van der Waals surface area contributed by atoms with Crippen molar-refractivity contribution in [1.82, 2.24) is 20.9 Å². The zero-order valence-electron chi connectivity index (χ0n) is 12.5. The lowest BCUT2D eigenvalue weighted by atomic mass is 9.86. The van der Waals surface area contributed by atoms with Gasteiger partial charge in [-0.3, -0.25) is 19.8 Å². The largest absolute Gasteiger partial charge is 0.354 e. The van der Waals surface area contributed by atoms with E-state index in [0.29, 0.717) is 19.0 Å². The van der Waals surface area contributed by atoms with Gasteiger partial charge in [0.15, 0.2) is 0 Å². The van der Waals surface area contributed by atoms with Crippen molar-refractivity contribution in [2.45, 2.75) is 38.6 Å². The fraction of sp³-hybridized carbons (Fsp3) is 0.786. The lowest BCUT2D eigenvalue weighted by Crippen LogP contribution is -2.53. The van der Waals surface area contributed by atoms with Crippen molar-refractivity contribution in [3.8, 4) is 0 Å². The molecule has 7 nitrogen and oxygen atoms in total. The highest BCUT2D eigenvalue weighted by molar-refractivity contribution is 5.95. The van der Waals surface area contributed by atoms with Gasteiger partial charge >= 0.3 is 6.03 Å². The standard InChI is InChI=1S/C14H24N4O3/c1-10-4-2-3-5-11(10)16-14(21)17-13(20)9-18-7-6-15-12(19)8-18/h10-11H,2-9H2,1H3,(H,15,19)(H2,16,17,20,21). The molecule has 2 rings (SSSR count). The number of carbonyl (C=O) groups is 3. The van der Waals surface area contributed by atoms with E-state index in [-0.39, 0.29) is 30.9 Å². The van der Waals surface area contributed by atoms with Gasteiger partial charge in [-0.1, -0.05) is 19.8 Å². The minimum absolute atomic E-state index is 0.0705. The maximum atomic E-state index is 11.8. The van der Waals surface area contributed by atoms with Crippen LogP contribution in [-0.2, 0) is 9.59 Å². The molecule has 1 saturated heterocycles. The molecule has 1 aliphatic carbocycles. The summed E-state index contributed by atoms with van der Waals surface area (Å²) >= 11 is 0. The van der Waals surface area contributed by atoms with Gasteiger partial charge in [0.1, 0.15) is 0 Å². The third-order valence-corrected chi connectivity index (χ3v) is 4.17. The molecule has 0 spiro atoms. The summed E-state index contributed by atoms with van der Waals surface area (Å²) in [5, 5.41) is 7.92. The number of nitrogens with one attached hydrogen (secondary N) is 3. The van der Waals surface area contributed by atoms with Crippen LogP contribution in [0.15, 0.2) is 0 Å². The van der Waals surface area contributed by atoms with Crippen LogP contribution in [0.4, 0.5) is 4.79 Å². The normalized spacial score (nSPS) is 26.8. The number of imide groups is 1. The molecule has 1 aliphatic heterocycles. The van der Waals surface area contributed by atoms with Crippen molar-refractivity contribution in [3.63, 3.8) is 0 Å². The first-order valence-corrected chi connectivity index (χ1v) is 7.64. The Morgan fingerprint density at radius 1 is 1.33 bits per heavy atom. The Bertz CT molecular complexity index is 413. The fourth-order valence-electron chi connectivity index (χ4n) is 2.93. The van der Waals surface area contributed by atoms with Crippen molar-refractivity contribution < 1.29 is 14.4 Å². The predicted octanol–water partition coefficient (Wildman–Crippen LogP) is -0.177. The van der Waals surface area contributed by atoms with Crippen molar-refractivity contribution in [2.24, 2.45) is 5.92 Å². The summed E-state index contributed by atoms with van der Waals surface area (Å²) in [7, 11) is 0. The summed E-state index contributed by atoms with van der Waals surface area (Å²) in [6.07, 6.45) is 4.40. The predicted molar refractivity (Wildman–Crippen MR) is 77.5 cm³/mol. The highest BCUT2D eigenvalue weighted by Gasteiger charge is 2.24. The molecule has 0 bridgehead atoms. The minimum atomic E-state index is -0.430. The van der Waals surface area contributed by atoms with Crippen LogP contribution in [0, 0.1) is 5.92 Å². The average molecular weight is 296 g/mol. The number of piperazine rings is 1. The molecular formula is C14H24N4O3. The third-order valence-electron chi connectivity index (χ3n) is 4.17. The van der Waals surface area contributed by atoms with Crippen LogP contribution in [0.25, 0.3) is 0 Å². The van der Waals surface area contributed by atoms with Gasteiger partial charge < -0.3 is 10.6 Å². The Morgan fingerprint density at radius 3 is 2.81 bits per heavy atom. The second-order valence-electron chi connectivity index (χ2n) is 5.95. The smallest absolute Gasteiger partial charge is 0.321 e. The van der Waals surface area contributed by atoms with Crippen molar-refractivity contribution >= 4 is 17.8 Å². The van der Waals surface area contributed by atoms with E-state index in [2.05, 4.69) is 22.9 Å². The second kappa shape index (κ2) is 7.40. The first-order chi connectivity index (χ1) is 10.0. The molecule has 0 radical (unpaired) electrons. The number of hydrogen-bond donors (Lipinski definition) is 3. The van der Waals surface area contributed by atoms with Crippen LogP contribution in [-0.4, -0.2) is 55.0 Å². The van der Waals surface area contributed by atoms with Gasteiger partial charge in [-0.25, -0.2) is 4.79 Å². The molecule has 3 N–H and O–H groups in total. The van der Waals surface area contributed by atoms with E-state index in [9.17, 15) is 14.4 Å². The second-order valence-corrected chi connectivity index (χ2v) is 5.95. The number of rotatable bonds is 3. The van der Waals surface area contributed by atoms with Crippen molar-refractivity contribution in [2.75, 3.05) is 26.2 Å². The molecule has 2 unspecified atom stereocenters. The SMILES string of the molecule is CC1CCCCC1NC(=O)NC(=O)CN1CCNC(=O)C1. The molecular weight excluding hydrogens is 272 g/mol. The van der Waals surface area contributed by atoms with Crippen LogP contribution in [0.3, 0.4) is 0 Å². The fourth-order valence-corrected chi connectivity index (χ4v) is 2.93. The number of amides is 4. The molecule has 1 saturated carbocycles. The number of nitrogens with zero attached hydrogens (tertiary/aromatic N) is 1. The monoisotopic (exact) mass is 296 g/mol. The molecule has 118 valence electrons. The Morgan fingerprint density at radius 2 is 2.10 bits per heavy atom. The van der Waals surface area contributed by atoms with E-state index >= 15 is 0 Å². The molecule has 0 aromatic carbocycles. The van der Waals surface area contributed by atoms with Crippen LogP contribution in [0.2, 0.25) is 0 Å². The Balaban J connectivity index is 1.71. The van der Waals surface area contributed by atoms with E-state index < -0.39 is 6.03 Å². The maximum Gasteiger partial charge on any atom is 0.321 e. The zero-order valence-corrected chi connectivity index (χ0v) is 12.5. The van der Waals surface area contributed by atoms with Crippen LogP contribution in [0.5, 0.6) is 0 Å². The molecule has 2 atom stereocenters. The highest BCUT2D eigenvalue weighted by atomic mass is 16.2. The molecule has 1 heterocycles. The summed E-state index contributed by atoms with van der Waals surface area (Å²) in [4.78, 5) is 36.6. The Hall–Kier alpha value is -1.63. The van der Waals surface area contributed by atoms with Crippen molar-refractivity contribution in [3.05, 3.63) is 0 Å². The topological polar surface area (TPSA) is 90.5 Å². The Labute approximate surface area is 124 Å². The number of urea groups is 1. The molecule has 21 heavy (non-hydrogen) atoms. The van der Waals surface area contributed by atoms with E-state index in [1.165, 1.54) is 6.42 Å². The first kappa shape index (κ1) is 15.8. The van der Waals surface area contributed by atoms with Gasteiger partial charge in [-0.2, -0.15) is 0 Å². The molecule has 2 fully saturated rings. The van der Waals surface area contributed by atoms with Crippen LogP contribution in [0.1, 0.15) is 32.6 Å². The first-order valence-electron chi connectivity index (χ1n) is 7.64. The van der Waals surface area contributed by atoms with Gasteiger partial charge in [0.25, 0.3) is 0 Å². The van der Waals surface area contributed by atoms with Crippen molar-refractivity contribution in [1.29, 1.82) is 0 Å². The van der Waals surface area contributed by atoms with Gasteiger partial charge in [0.05, 0.1) is 13.1 Å². The van der Waals surface area contributed by atoms with Gasteiger partial charge in [-0.15, -0.1) is 0 Å². The molecule has 0 aromatic heterocycles. The maximum absolute atomic E-state index is 11.8. The number of hydrogen-bond acceptors (Lipinski definition) is 4. The zero-order chi connectivity index (χ0) is 15.2.